The van der Waals surface area contributed by atoms with E-state index in [9.17, 15) is 5.11 Å². The number of benzene rings is 1. The zero-order valence-corrected chi connectivity index (χ0v) is 11.2. The van der Waals surface area contributed by atoms with Gasteiger partial charge in [-0.1, -0.05) is 25.1 Å². The van der Waals surface area contributed by atoms with Gasteiger partial charge in [0.1, 0.15) is 23.4 Å². The van der Waals surface area contributed by atoms with Crippen LogP contribution in [0.3, 0.4) is 0 Å². The normalized spacial score (nSPS) is 23.1. The van der Waals surface area contributed by atoms with Gasteiger partial charge in [-0.05, 0) is 30.5 Å². The number of rotatable bonds is 4. The molecule has 3 atom stereocenters. The summed E-state index contributed by atoms with van der Waals surface area (Å²) < 4.78 is 11.1. The lowest BCUT2D eigenvalue weighted by Gasteiger charge is -2.12. The van der Waals surface area contributed by atoms with Crippen molar-refractivity contribution in [2.24, 2.45) is 5.92 Å². The quantitative estimate of drug-likeness (QED) is 0.912. The fourth-order valence-electron chi connectivity index (χ4n) is 2.48. The van der Waals surface area contributed by atoms with Crippen molar-refractivity contribution in [3.8, 4) is 5.75 Å². The Hall–Kier alpha value is -1.74. The average molecular weight is 258 g/mol. The summed E-state index contributed by atoms with van der Waals surface area (Å²) in [7, 11) is 1.60. The molecule has 2 aromatic rings. The molecule has 1 aliphatic carbocycles. The van der Waals surface area contributed by atoms with Crippen molar-refractivity contribution >= 4 is 0 Å². The second kappa shape index (κ2) is 4.74. The molecule has 3 rings (SSSR count). The first kappa shape index (κ1) is 12.3. The molecule has 0 spiro atoms. The number of furan rings is 1. The van der Waals surface area contributed by atoms with Crippen LogP contribution in [0, 0.1) is 5.92 Å². The van der Waals surface area contributed by atoms with Crippen LogP contribution in [0.2, 0.25) is 0 Å². The topological polar surface area (TPSA) is 42.6 Å². The van der Waals surface area contributed by atoms with Crippen LogP contribution < -0.4 is 4.74 Å². The van der Waals surface area contributed by atoms with Crippen LogP contribution >= 0.6 is 0 Å². The fourth-order valence-corrected chi connectivity index (χ4v) is 2.48. The number of methoxy groups -OCH3 is 1. The van der Waals surface area contributed by atoms with Crippen LogP contribution in [-0.2, 0) is 0 Å². The SMILES string of the molecule is COc1ccccc1C(O)c1ccc(C2CC2C)o1. The van der Waals surface area contributed by atoms with Crippen molar-refractivity contribution in [1.29, 1.82) is 0 Å². The van der Waals surface area contributed by atoms with Crippen LogP contribution in [0.25, 0.3) is 0 Å². The van der Waals surface area contributed by atoms with Gasteiger partial charge in [0.05, 0.1) is 7.11 Å². The smallest absolute Gasteiger partial charge is 0.140 e. The van der Waals surface area contributed by atoms with E-state index in [2.05, 4.69) is 6.92 Å². The van der Waals surface area contributed by atoms with Crippen molar-refractivity contribution in [3.63, 3.8) is 0 Å². The second-order valence-electron chi connectivity index (χ2n) is 5.20. The van der Waals surface area contributed by atoms with E-state index in [1.165, 1.54) is 6.42 Å². The number of aliphatic hydroxyl groups is 1. The van der Waals surface area contributed by atoms with E-state index in [4.69, 9.17) is 9.15 Å². The summed E-state index contributed by atoms with van der Waals surface area (Å²) in [5.41, 5.74) is 0.731. The number of ether oxygens (including phenoxy) is 1. The minimum absolute atomic E-state index is 0.526. The summed E-state index contributed by atoms with van der Waals surface area (Å²) in [6.07, 6.45) is 0.400. The molecule has 0 bridgehead atoms. The monoisotopic (exact) mass is 258 g/mol. The first-order valence-electron chi connectivity index (χ1n) is 6.61. The van der Waals surface area contributed by atoms with E-state index in [1.807, 2.05) is 36.4 Å². The van der Waals surface area contributed by atoms with Gasteiger partial charge in [-0.15, -0.1) is 0 Å². The average Bonchev–Trinajstić information content (AvgIpc) is 2.98. The largest absolute Gasteiger partial charge is 0.496 e. The summed E-state index contributed by atoms with van der Waals surface area (Å²) >= 11 is 0. The summed E-state index contributed by atoms with van der Waals surface area (Å²) in [5, 5.41) is 10.4. The van der Waals surface area contributed by atoms with Crippen molar-refractivity contribution in [2.45, 2.75) is 25.4 Å². The van der Waals surface area contributed by atoms with E-state index in [0.717, 1.165) is 11.3 Å². The molecule has 1 aliphatic rings. The van der Waals surface area contributed by atoms with E-state index in [0.29, 0.717) is 23.3 Å². The number of aliphatic hydroxyl groups excluding tert-OH is 1. The molecular weight excluding hydrogens is 240 g/mol. The summed E-state index contributed by atoms with van der Waals surface area (Å²) in [6.45, 7) is 2.21. The third-order valence-corrected chi connectivity index (χ3v) is 3.83. The van der Waals surface area contributed by atoms with Crippen LogP contribution in [-0.4, -0.2) is 12.2 Å². The molecule has 3 unspecified atom stereocenters. The molecule has 100 valence electrons. The first-order chi connectivity index (χ1) is 9.20. The molecule has 1 aromatic heterocycles. The minimum Gasteiger partial charge on any atom is -0.496 e. The second-order valence-corrected chi connectivity index (χ2v) is 5.20. The fraction of sp³-hybridized carbons (Fsp3) is 0.375. The van der Waals surface area contributed by atoms with Gasteiger partial charge in [-0.25, -0.2) is 0 Å². The maximum Gasteiger partial charge on any atom is 0.140 e. The summed E-state index contributed by atoms with van der Waals surface area (Å²) in [6, 6.07) is 11.3. The van der Waals surface area contributed by atoms with Crippen molar-refractivity contribution < 1.29 is 14.3 Å². The van der Waals surface area contributed by atoms with Gasteiger partial charge in [-0.2, -0.15) is 0 Å². The third-order valence-electron chi connectivity index (χ3n) is 3.83. The molecule has 0 saturated heterocycles. The molecule has 1 heterocycles. The van der Waals surface area contributed by atoms with Gasteiger partial charge in [0.2, 0.25) is 0 Å². The molecule has 1 aromatic carbocycles. The zero-order chi connectivity index (χ0) is 13.4. The molecule has 19 heavy (non-hydrogen) atoms. The zero-order valence-electron chi connectivity index (χ0n) is 11.2. The Morgan fingerprint density at radius 1 is 1.26 bits per heavy atom. The Morgan fingerprint density at radius 3 is 2.68 bits per heavy atom. The molecule has 0 radical (unpaired) electrons. The molecule has 1 N–H and O–H groups in total. The number of hydrogen-bond acceptors (Lipinski definition) is 3. The third kappa shape index (κ3) is 2.26. The summed E-state index contributed by atoms with van der Waals surface area (Å²) in [5.74, 6) is 3.46. The van der Waals surface area contributed by atoms with Crippen molar-refractivity contribution in [2.75, 3.05) is 7.11 Å². The van der Waals surface area contributed by atoms with Crippen LogP contribution in [0.5, 0.6) is 5.75 Å². The molecule has 3 heteroatoms. The highest BCUT2D eigenvalue weighted by Crippen LogP contribution is 2.48. The standard InChI is InChI=1S/C16H18O3/c1-10-9-12(10)14-7-8-15(19-14)16(17)11-5-3-4-6-13(11)18-2/h3-8,10,12,16-17H,9H2,1-2H3. The maximum absolute atomic E-state index is 10.4. The van der Waals surface area contributed by atoms with E-state index >= 15 is 0 Å². The summed E-state index contributed by atoms with van der Waals surface area (Å²) in [4.78, 5) is 0. The highest BCUT2D eigenvalue weighted by atomic mass is 16.5. The number of para-hydroxylation sites is 1. The Bertz CT molecular complexity index is 573. The van der Waals surface area contributed by atoms with Gasteiger partial charge in [0.15, 0.2) is 0 Å². The van der Waals surface area contributed by atoms with Crippen LogP contribution in [0.4, 0.5) is 0 Å². The Kier molecular flexibility index (Phi) is 3.07. The predicted octanol–water partition coefficient (Wildman–Crippen LogP) is 3.49. The Balaban J connectivity index is 1.86. The molecule has 0 amide bonds. The number of hydrogen-bond donors (Lipinski definition) is 1. The van der Waals surface area contributed by atoms with Gasteiger partial charge in [-0.3, -0.25) is 0 Å². The van der Waals surface area contributed by atoms with Gasteiger partial charge in [0.25, 0.3) is 0 Å². The Labute approximate surface area is 112 Å². The van der Waals surface area contributed by atoms with E-state index in [-0.39, 0.29) is 0 Å². The highest BCUT2D eigenvalue weighted by Gasteiger charge is 2.37. The van der Waals surface area contributed by atoms with Crippen LogP contribution in [0.15, 0.2) is 40.8 Å². The van der Waals surface area contributed by atoms with Gasteiger partial charge < -0.3 is 14.3 Å². The molecule has 1 fully saturated rings. The lowest BCUT2D eigenvalue weighted by molar-refractivity contribution is 0.182. The van der Waals surface area contributed by atoms with Crippen molar-refractivity contribution in [3.05, 3.63) is 53.5 Å². The molecule has 0 aliphatic heterocycles. The predicted molar refractivity (Wildman–Crippen MR) is 72.3 cm³/mol. The van der Waals surface area contributed by atoms with E-state index < -0.39 is 6.10 Å². The molecule has 3 nitrogen and oxygen atoms in total. The van der Waals surface area contributed by atoms with Gasteiger partial charge >= 0.3 is 0 Å². The lowest BCUT2D eigenvalue weighted by Crippen LogP contribution is -2.01. The molecule has 1 saturated carbocycles. The van der Waals surface area contributed by atoms with Crippen LogP contribution in [0.1, 0.15) is 42.5 Å². The first-order valence-corrected chi connectivity index (χ1v) is 6.61. The molecular formula is C16H18O3. The van der Waals surface area contributed by atoms with E-state index in [1.54, 1.807) is 7.11 Å². The highest BCUT2D eigenvalue weighted by molar-refractivity contribution is 5.38. The maximum atomic E-state index is 10.4. The van der Waals surface area contributed by atoms with Crippen molar-refractivity contribution in [1.82, 2.24) is 0 Å². The minimum atomic E-state index is -0.779. The lowest BCUT2D eigenvalue weighted by atomic mass is 10.1. The van der Waals surface area contributed by atoms with Gasteiger partial charge in [0, 0.05) is 11.5 Å². The Morgan fingerprint density at radius 2 is 2.00 bits per heavy atom.